The molecule has 1 aromatic heterocycles. The number of thiazole rings is 1. The summed E-state index contributed by atoms with van der Waals surface area (Å²) >= 11 is 1.44. The van der Waals surface area contributed by atoms with Gasteiger partial charge in [-0.2, -0.15) is 0 Å². The van der Waals surface area contributed by atoms with E-state index in [1.54, 1.807) is 5.38 Å². The lowest BCUT2D eigenvalue weighted by Crippen LogP contribution is -2.22. The first kappa shape index (κ1) is 14.5. The van der Waals surface area contributed by atoms with E-state index >= 15 is 0 Å². The molecule has 0 atom stereocenters. The van der Waals surface area contributed by atoms with Crippen molar-refractivity contribution in [3.63, 3.8) is 0 Å². The van der Waals surface area contributed by atoms with Gasteiger partial charge in [0, 0.05) is 5.38 Å². The molecule has 1 fully saturated rings. The topological polar surface area (TPSA) is 73.3 Å². The summed E-state index contributed by atoms with van der Waals surface area (Å²) in [6, 6.07) is 0. The first-order valence-corrected chi connectivity index (χ1v) is 8.73. The van der Waals surface area contributed by atoms with Gasteiger partial charge in [0.15, 0.2) is 9.84 Å². The molecule has 1 saturated carbocycles. The largest absolute Gasteiger partial charge is 0.469 e. The van der Waals surface area contributed by atoms with Gasteiger partial charge in [0.05, 0.1) is 35.7 Å². The van der Waals surface area contributed by atoms with Crippen molar-refractivity contribution >= 4 is 27.1 Å². The second-order valence-electron chi connectivity index (χ2n) is 5.14. The predicted molar refractivity (Wildman–Crippen MR) is 72.6 cm³/mol. The van der Waals surface area contributed by atoms with Gasteiger partial charge in [0.2, 0.25) is 0 Å². The number of nitrogens with zero attached hydrogens (tertiary/aromatic N) is 1. The van der Waals surface area contributed by atoms with Crippen molar-refractivity contribution in [3.8, 4) is 0 Å². The Balaban J connectivity index is 1.99. The Labute approximate surface area is 116 Å². The molecule has 19 heavy (non-hydrogen) atoms. The van der Waals surface area contributed by atoms with Crippen molar-refractivity contribution in [3.05, 3.63) is 16.1 Å². The molecular weight excluding hydrogens is 286 g/mol. The van der Waals surface area contributed by atoms with E-state index in [9.17, 15) is 13.2 Å². The summed E-state index contributed by atoms with van der Waals surface area (Å²) < 4.78 is 28.9. The third-order valence-corrected chi connectivity index (χ3v) is 5.87. The summed E-state index contributed by atoms with van der Waals surface area (Å²) in [5.41, 5.74) is 0.202. The lowest BCUT2D eigenvalue weighted by atomic mass is 10.1. The first-order chi connectivity index (χ1) is 8.84. The molecule has 106 valence electrons. The molecule has 7 heteroatoms. The van der Waals surface area contributed by atoms with Crippen LogP contribution in [-0.2, 0) is 25.1 Å². The monoisotopic (exact) mass is 303 g/mol. The van der Waals surface area contributed by atoms with Crippen molar-refractivity contribution in [2.75, 3.05) is 12.9 Å². The average Bonchev–Trinajstić information content (AvgIpc) is 2.91. The van der Waals surface area contributed by atoms with Gasteiger partial charge in [-0.3, -0.25) is 4.79 Å². The number of rotatable bonds is 6. The van der Waals surface area contributed by atoms with Gasteiger partial charge in [-0.25, -0.2) is 13.4 Å². The van der Waals surface area contributed by atoms with Crippen molar-refractivity contribution < 1.29 is 17.9 Å². The van der Waals surface area contributed by atoms with Crippen LogP contribution in [0.15, 0.2) is 5.38 Å². The Morgan fingerprint density at radius 3 is 2.68 bits per heavy atom. The Bertz CT molecular complexity index is 572. The van der Waals surface area contributed by atoms with Crippen LogP contribution in [0.4, 0.5) is 0 Å². The van der Waals surface area contributed by atoms with E-state index in [2.05, 4.69) is 9.72 Å². The van der Waals surface area contributed by atoms with Crippen molar-refractivity contribution in [2.45, 2.75) is 31.9 Å². The molecule has 0 saturated heterocycles. The van der Waals surface area contributed by atoms with Crippen molar-refractivity contribution in [1.82, 2.24) is 4.98 Å². The van der Waals surface area contributed by atoms with Crippen LogP contribution in [0.5, 0.6) is 0 Å². The predicted octanol–water partition coefficient (Wildman–Crippen LogP) is 1.71. The van der Waals surface area contributed by atoms with Crippen LogP contribution in [0.2, 0.25) is 0 Å². The fraction of sp³-hybridized carbons (Fsp3) is 0.667. The Kier molecular flexibility index (Phi) is 3.96. The average molecular weight is 303 g/mol. The van der Waals surface area contributed by atoms with Crippen LogP contribution in [-0.4, -0.2) is 32.2 Å². The van der Waals surface area contributed by atoms with E-state index in [0.29, 0.717) is 5.69 Å². The number of ether oxygens (including phenoxy) is 1. The maximum atomic E-state index is 12.1. The van der Waals surface area contributed by atoms with E-state index in [1.807, 2.05) is 6.92 Å². The lowest BCUT2D eigenvalue weighted by molar-refractivity contribution is -0.141. The molecule has 0 amide bonds. The van der Waals surface area contributed by atoms with E-state index < -0.39 is 15.3 Å². The number of aryl methyl sites for hydroxylation is 1. The van der Waals surface area contributed by atoms with Crippen LogP contribution in [0.1, 0.15) is 30.0 Å². The van der Waals surface area contributed by atoms with E-state index in [-0.39, 0.29) is 23.9 Å². The summed E-state index contributed by atoms with van der Waals surface area (Å²) in [7, 11) is -1.91. The number of carbonyl (C=O) groups is 1. The molecule has 0 unspecified atom stereocenters. The molecule has 0 aromatic carbocycles. The second kappa shape index (κ2) is 5.20. The molecule has 0 radical (unpaired) electrons. The molecule has 5 nitrogen and oxygen atoms in total. The maximum Gasteiger partial charge on any atom is 0.306 e. The molecule has 0 N–H and O–H groups in total. The zero-order valence-electron chi connectivity index (χ0n) is 11.0. The van der Waals surface area contributed by atoms with E-state index in [4.69, 9.17) is 0 Å². The zero-order chi connectivity index (χ0) is 14.1. The summed E-state index contributed by atoms with van der Waals surface area (Å²) in [5, 5.41) is 2.63. The fourth-order valence-electron chi connectivity index (χ4n) is 2.14. The van der Waals surface area contributed by atoms with Crippen molar-refractivity contribution in [1.29, 1.82) is 0 Å². The minimum atomic E-state index is -3.23. The van der Waals surface area contributed by atoms with Gasteiger partial charge in [-0.05, 0) is 25.2 Å². The van der Waals surface area contributed by atoms with Crippen LogP contribution in [0, 0.1) is 12.3 Å². The maximum absolute atomic E-state index is 12.1. The molecule has 2 rings (SSSR count). The Hall–Kier alpha value is -0.950. The number of sulfone groups is 1. The molecule has 1 heterocycles. The minimum absolute atomic E-state index is 0.0414. The number of aromatic nitrogens is 1. The summed E-state index contributed by atoms with van der Waals surface area (Å²) in [5.74, 6) is -0.330. The second-order valence-corrected chi connectivity index (χ2v) is 8.27. The number of carbonyl (C=O) groups excluding carboxylic acids is 1. The molecule has 1 aromatic rings. The van der Waals surface area contributed by atoms with Crippen LogP contribution >= 0.6 is 11.3 Å². The molecule has 0 spiro atoms. The fourth-order valence-corrected chi connectivity index (χ4v) is 4.89. The number of hydrogen-bond acceptors (Lipinski definition) is 6. The normalized spacial score (nSPS) is 17.2. The Morgan fingerprint density at radius 1 is 1.53 bits per heavy atom. The van der Waals surface area contributed by atoms with Crippen LogP contribution < -0.4 is 0 Å². The summed E-state index contributed by atoms with van der Waals surface area (Å²) in [6.45, 7) is 1.85. The highest BCUT2D eigenvalue weighted by Gasteiger charge is 2.47. The lowest BCUT2D eigenvalue weighted by Gasteiger charge is -2.13. The van der Waals surface area contributed by atoms with Gasteiger partial charge >= 0.3 is 5.97 Å². The SMILES string of the molecule is COC(=O)CC1(CS(=O)(=O)Cc2csc(C)n2)CC1. The third kappa shape index (κ3) is 4.01. The van der Waals surface area contributed by atoms with Gasteiger partial charge < -0.3 is 4.74 Å². The number of esters is 1. The molecule has 1 aliphatic rings. The van der Waals surface area contributed by atoms with Crippen LogP contribution in [0.25, 0.3) is 0 Å². The van der Waals surface area contributed by atoms with Gasteiger partial charge in [-0.15, -0.1) is 11.3 Å². The zero-order valence-corrected chi connectivity index (χ0v) is 12.6. The number of methoxy groups -OCH3 is 1. The summed E-state index contributed by atoms with van der Waals surface area (Å²) in [4.78, 5) is 15.5. The molecule has 1 aliphatic carbocycles. The van der Waals surface area contributed by atoms with Gasteiger partial charge in [0.25, 0.3) is 0 Å². The van der Waals surface area contributed by atoms with Crippen molar-refractivity contribution in [2.24, 2.45) is 5.41 Å². The summed E-state index contributed by atoms with van der Waals surface area (Å²) in [6.07, 6.45) is 1.74. The minimum Gasteiger partial charge on any atom is -0.469 e. The highest BCUT2D eigenvalue weighted by Crippen LogP contribution is 2.50. The van der Waals surface area contributed by atoms with Gasteiger partial charge in [0.1, 0.15) is 0 Å². The standard InChI is InChI=1S/C12H17NO4S2/c1-9-13-10(6-18-9)7-19(15,16)8-12(3-4-12)5-11(14)17-2/h6H,3-5,7-8H2,1-2H3. The van der Waals surface area contributed by atoms with E-state index in [1.165, 1.54) is 18.4 Å². The highest BCUT2D eigenvalue weighted by atomic mass is 32.2. The van der Waals surface area contributed by atoms with Crippen LogP contribution in [0.3, 0.4) is 0 Å². The smallest absolute Gasteiger partial charge is 0.306 e. The van der Waals surface area contributed by atoms with Gasteiger partial charge in [-0.1, -0.05) is 0 Å². The number of hydrogen-bond donors (Lipinski definition) is 0. The highest BCUT2D eigenvalue weighted by molar-refractivity contribution is 7.90. The molecule has 0 aliphatic heterocycles. The first-order valence-electron chi connectivity index (χ1n) is 6.02. The molecular formula is C12H17NO4S2. The van der Waals surface area contributed by atoms with E-state index in [0.717, 1.165) is 17.8 Å². The third-order valence-electron chi connectivity index (χ3n) is 3.26. The Morgan fingerprint density at radius 2 is 2.21 bits per heavy atom. The molecule has 0 bridgehead atoms. The quantitative estimate of drug-likeness (QED) is 0.748.